The summed E-state index contributed by atoms with van der Waals surface area (Å²) in [5.74, 6) is -5.93. The number of rotatable bonds is 4. The van der Waals surface area contributed by atoms with Gasteiger partial charge in [0.2, 0.25) is 5.60 Å². The van der Waals surface area contributed by atoms with Crippen LogP contribution in [0.25, 0.3) is 0 Å². The fraction of sp³-hybridized carbons (Fsp3) is 0.889. The van der Waals surface area contributed by atoms with Crippen LogP contribution in [0.3, 0.4) is 0 Å². The molecule has 0 bridgehead atoms. The summed E-state index contributed by atoms with van der Waals surface area (Å²) in [5.41, 5.74) is -9.87. The topological polar surface area (TPSA) is 171 Å². The van der Waals surface area contributed by atoms with Gasteiger partial charge in [0, 0.05) is 0 Å². The van der Waals surface area contributed by atoms with E-state index < -0.39 is 57.9 Å². The van der Waals surface area contributed by atoms with Crippen molar-refractivity contribution in [1.82, 2.24) is 0 Å². The van der Waals surface area contributed by atoms with Crippen molar-refractivity contribution in [2.45, 2.75) is 42.3 Å². The van der Waals surface area contributed by atoms with Crippen LogP contribution >= 0.6 is 0 Å². The molecule has 5 N–H and O–H groups in total. The molecule has 1 saturated heterocycles. The number of aliphatic hydroxyl groups excluding tert-OH is 3. The van der Waals surface area contributed by atoms with E-state index in [-0.39, 0.29) is 0 Å². The average Bonchev–Trinajstić information content (AvgIpc) is 2.38. The second-order valence-electron chi connectivity index (χ2n) is 4.66. The lowest BCUT2D eigenvalue weighted by molar-refractivity contribution is -0.444. The first kappa shape index (κ1) is 20.2. The van der Waals surface area contributed by atoms with Crippen molar-refractivity contribution in [1.29, 1.82) is 0 Å². The molecule has 1 aliphatic rings. The lowest BCUT2D eigenvalue weighted by Gasteiger charge is -2.49. The van der Waals surface area contributed by atoms with Gasteiger partial charge in [0.15, 0.2) is 5.78 Å². The third-order valence-electron chi connectivity index (χ3n) is 3.15. The summed E-state index contributed by atoms with van der Waals surface area (Å²) in [7, 11) is -6.59. The highest BCUT2D eigenvalue weighted by Crippen LogP contribution is 2.41. The fourth-order valence-electron chi connectivity index (χ4n) is 1.86. The van der Waals surface area contributed by atoms with Crippen LogP contribution in [0.15, 0.2) is 0 Å². The zero-order valence-electron chi connectivity index (χ0n) is 11.3. The third-order valence-corrected chi connectivity index (χ3v) is 4.16. The van der Waals surface area contributed by atoms with E-state index in [1.54, 1.807) is 0 Å². The minimum absolute atomic E-state index is 0.451. The number of Topliss-reactive ketones (excluding diaryl/α,β-unsaturated/α-hetero) is 1. The lowest BCUT2D eigenvalue weighted by Crippen LogP contribution is -2.77. The standard InChI is InChI=1S/C9H13F3O10S/c1-3(14)7(17)6(16)5(15)4(2-13)21-8(7,18)22-23(19,20)9(10,11)12/h4-6,13,15-18H,2H2,1H3/t4-,5-,6+,7-,8+/m1/s1. The van der Waals surface area contributed by atoms with E-state index >= 15 is 0 Å². The Balaban J connectivity index is 3.45. The van der Waals surface area contributed by atoms with Gasteiger partial charge in [0.25, 0.3) is 0 Å². The maximum Gasteiger partial charge on any atom is 0.523 e. The molecule has 0 amide bonds. The Morgan fingerprint density at radius 3 is 2.13 bits per heavy atom. The van der Waals surface area contributed by atoms with Gasteiger partial charge < -0.3 is 30.3 Å². The van der Waals surface area contributed by atoms with Crippen LogP contribution in [0.1, 0.15) is 6.92 Å². The van der Waals surface area contributed by atoms with Gasteiger partial charge in [-0.05, 0) is 6.92 Å². The summed E-state index contributed by atoms with van der Waals surface area (Å²) in [6.45, 7) is -0.781. The van der Waals surface area contributed by atoms with Crippen molar-refractivity contribution in [3.8, 4) is 0 Å². The molecule has 1 fully saturated rings. The average molecular weight is 370 g/mol. The van der Waals surface area contributed by atoms with Crippen LogP contribution in [0.5, 0.6) is 0 Å². The normalized spacial score (nSPS) is 39.3. The molecule has 0 aromatic heterocycles. The SMILES string of the molecule is CC(=O)[C@@]1(O)[C@@H](O)[C@H](O)[C@@H](CO)O[C@]1(O)OS(=O)(=O)C(F)(F)F. The summed E-state index contributed by atoms with van der Waals surface area (Å²) in [5, 5.41) is 47.9. The number of alkyl halides is 3. The Hall–Kier alpha value is -0.870. The first-order valence-corrected chi connectivity index (χ1v) is 7.17. The van der Waals surface area contributed by atoms with E-state index in [1.165, 1.54) is 0 Å². The number of ether oxygens (including phenoxy) is 1. The minimum atomic E-state index is -6.59. The molecule has 14 heteroatoms. The largest absolute Gasteiger partial charge is 0.523 e. The highest BCUT2D eigenvalue weighted by atomic mass is 32.2. The maximum atomic E-state index is 12.4. The number of hydrogen-bond acceptors (Lipinski definition) is 10. The predicted octanol–water partition coefficient (Wildman–Crippen LogP) is -3.07. The minimum Gasteiger partial charge on any atom is -0.394 e. The Bertz CT molecular complexity index is 577. The van der Waals surface area contributed by atoms with Gasteiger partial charge >= 0.3 is 21.6 Å². The molecule has 0 unspecified atom stereocenters. The van der Waals surface area contributed by atoms with Crippen LogP contribution in [-0.2, 0) is 23.8 Å². The van der Waals surface area contributed by atoms with E-state index in [0.29, 0.717) is 6.92 Å². The van der Waals surface area contributed by atoms with Gasteiger partial charge in [-0.25, -0.2) is 0 Å². The van der Waals surface area contributed by atoms with Crippen LogP contribution < -0.4 is 0 Å². The fourth-order valence-corrected chi connectivity index (χ4v) is 2.42. The number of hydrogen-bond donors (Lipinski definition) is 5. The smallest absolute Gasteiger partial charge is 0.394 e. The molecular formula is C9H13F3O10S. The first-order valence-electron chi connectivity index (χ1n) is 5.76. The van der Waals surface area contributed by atoms with Gasteiger partial charge in [-0.2, -0.15) is 25.8 Å². The number of aliphatic hydroxyl groups is 5. The van der Waals surface area contributed by atoms with Crippen LogP contribution in [-0.4, -0.2) is 81.7 Å². The van der Waals surface area contributed by atoms with E-state index in [9.17, 15) is 46.8 Å². The quantitative estimate of drug-likeness (QED) is 0.194. The summed E-state index contributed by atoms with van der Waals surface area (Å²) >= 11 is 0. The monoisotopic (exact) mass is 370 g/mol. The van der Waals surface area contributed by atoms with Crippen molar-refractivity contribution >= 4 is 15.9 Å². The molecule has 1 rings (SSSR count). The summed E-state index contributed by atoms with van der Waals surface area (Å²) in [4.78, 5) is 11.4. The summed E-state index contributed by atoms with van der Waals surface area (Å²) in [6, 6.07) is 0. The van der Waals surface area contributed by atoms with Crippen LogP contribution in [0.2, 0.25) is 0 Å². The van der Waals surface area contributed by atoms with Crippen molar-refractivity contribution in [2.75, 3.05) is 6.61 Å². The molecule has 0 radical (unpaired) electrons. The van der Waals surface area contributed by atoms with Gasteiger partial charge in [0.05, 0.1) is 6.61 Å². The molecular weight excluding hydrogens is 357 g/mol. The zero-order chi connectivity index (χ0) is 18.4. The van der Waals surface area contributed by atoms with Gasteiger partial charge in [-0.15, -0.1) is 0 Å². The molecule has 1 heterocycles. The molecule has 1 aliphatic heterocycles. The number of carbonyl (C=O) groups is 1. The van der Waals surface area contributed by atoms with E-state index in [0.717, 1.165) is 0 Å². The van der Waals surface area contributed by atoms with Crippen molar-refractivity contribution < 1.29 is 60.8 Å². The predicted molar refractivity (Wildman–Crippen MR) is 60.6 cm³/mol. The maximum absolute atomic E-state index is 12.4. The molecule has 10 nitrogen and oxygen atoms in total. The second kappa shape index (κ2) is 5.89. The zero-order valence-corrected chi connectivity index (χ0v) is 12.1. The third kappa shape index (κ3) is 3.08. The molecule has 136 valence electrons. The molecule has 5 atom stereocenters. The highest BCUT2D eigenvalue weighted by molar-refractivity contribution is 7.87. The number of halogens is 3. The highest BCUT2D eigenvalue weighted by Gasteiger charge is 2.71. The molecule has 0 aliphatic carbocycles. The molecule has 0 saturated carbocycles. The van der Waals surface area contributed by atoms with E-state index in [2.05, 4.69) is 8.92 Å². The van der Waals surface area contributed by atoms with Gasteiger partial charge in [0.1, 0.15) is 18.3 Å². The number of carbonyl (C=O) groups excluding carboxylic acids is 1. The molecule has 23 heavy (non-hydrogen) atoms. The Morgan fingerprint density at radius 1 is 1.30 bits per heavy atom. The Kier molecular flexibility index (Phi) is 5.17. The summed E-state index contributed by atoms with van der Waals surface area (Å²) < 4.78 is 66.7. The van der Waals surface area contributed by atoms with E-state index in [1.807, 2.05) is 0 Å². The van der Waals surface area contributed by atoms with E-state index in [4.69, 9.17) is 5.11 Å². The van der Waals surface area contributed by atoms with Crippen molar-refractivity contribution in [2.24, 2.45) is 0 Å². The molecule has 0 aromatic rings. The van der Waals surface area contributed by atoms with Crippen LogP contribution in [0.4, 0.5) is 13.2 Å². The number of ketones is 1. The van der Waals surface area contributed by atoms with Crippen molar-refractivity contribution in [3.63, 3.8) is 0 Å². The van der Waals surface area contributed by atoms with Crippen molar-refractivity contribution in [3.05, 3.63) is 0 Å². The summed E-state index contributed by atoms with van der Waals surface area (Å²) in [6.07, 6.45) is -7.07. The Morgan fingerprint density at radius 2 is 1.78 bits per heavy atom. The first-order chi connectivity index (χ1) is 10.1. The van der Waals surface area contributed by atoms with Gasteiger partial charge in [-0.1, -0.05) is 0 Å². The lowest BCUT2D eigenvalue weighted by atomic mass is 9.82. The molecule has 0 spiro atoms. The van der Waals surface area contributed by atoms with Crippen LogP contribution in [0, 0.1) is 0 Å². The molecule has 0 aromatic carbocycles. The van der Waals surface area contributed by atoms with Gasteiger partial charge in [-0.3, -0.25) is 4.79 Å². The Labute approximate surface area is 126 Å². The second-order valence-corrected chi connectivity index (χ2v) is 6.20.